The van der Waals surface area contributed by atoms with E-state index in [1.807, 2.05) is 27.7 Å². The molecule has 0 amide bonds. The predicted octanol–water partition coefficient (Wildman–Crippen LogP) is 3.98. The van der Waals surface area contributed by atoms with Gasteiger partial charge in [0.1, 0.15) is 11.6 Å². The fraction of sp³-hybridized carbons (Fsp3) is 0.357. The van der Waals surface area contributed by atoms with Gasteiger partial charge < -0.3 is 5.11 Å². The molecule has 0 spiro atoms. The molecular formula is C14H18FNO. The van der Waals surface area contributed by atoms with Gasteiger partial charge in [0.05, 0.1) is 11.7 Å². The molecule has 1 aromatic carbocycles. The van der Waals surface area contributed by atoms with Crippen LogP contribution in [0.15, 0.2) is 18.3 Å². The van der Waals surface area contributed by atoms with Crippen LogP contribution in [0.5, 0.6) is 5.75 Å². The van der Waals surface area contributed by atoms with Gasteiger partial charge in [-0.15, -0.1) is 0 Å². The van der Waals surface area contributed by atoms with Crippen LogP contribution in [-0.2, 0) is 6.42 Å². The third kappa shape index (κ3) is 2.54. The molecule has 0 radical (unpaired) electrons. The first-order valence-corrected chi connectivity index (χ1v) is 5.90. The molecule has 1 N–H and O–H groups in total. The molecule has 0 aliphatic heterocycles. The molecule has 2 aromatic rings. The topological polar surface area (TPSA) is 33.1 Å². The Bertz CT molecular complexity index is 523. The maximum atomic E-state index is 13.5. The second-order valence-corrected chi connectivity index (χ2v) is 3.60. The lowest BCUT2D eigenvalue weighted by Crippen LogP contribution is -1.94. The normalized spacial score (nSPS) is 9.94. The number of phenols is 1. The van der Waals surface area contributed by atoms with E-state index in [1.165, 1.54) is 6.20 Å². The standard InChI is InChI=1S/C12H12FNO.C2H6/c1-3-9-10(13)6-14-11-5-8(15)4-7(2)12(9)11;1-2/h4-6,15H,3H2,1-2H3;1-2H3. The molecule has 0 unspecified atom stereocenters. The van der Waals surface area contributed by atoms with E-state index in [2.05, 4.69) is 4.98 Å². The van der Waals surface area contributed by atoms with Crippen molar-refractivity contribution < 1.29 is 9.50 Å². The number of rotatable bonds is 1. The first-order valence-electron chi connectivity index (χ1n) is 5.90. The molecule has 17 heavy (non-hydrogen) atoms. The van der Waals surface area contributed by atoms with Crippen molar-refractivity contribution in [3.8, 4) is 5.75 Å². The van der Waals surface area contributed by atoms with Crippen molar-refractivity contribution in [2.24, 2.45) is 0 Å². The maximum absolute atomic E-state index is 13.5. The highest BCUT2D eigenvalue weighted by molar-refractivity contribution is 5.86. The summed E-state index contributed by atoms with van der Waals surface area (Å²) in [5.41, 5.74) is 2.16. The summed E-state index contributed by atoms with van der Waals surface area (Å²) in [6.45, 7) is 7.76. The largest absolute Gasteiger partial charge is 0.508 e. The summed E-state index contributed by atoms with van der Waals surface area (Å²) in [4.78, 5) is 3.98. The van der Waals surface area contributed by atoms with E-state index in [9.17, 15) is 9.50 Å². The maximum Gasteiger partial charge on any atom is 0.145 e. The summed E-state index contributed by atoms with van der Waals surface area (Å²) in [5.74, 6) is -0.111. The molecule has 0 saturated heterocycles. The van der Waals surface area contributed by atoms with E-state index < -0.39 is 0 Å². The van der Waals surface area contributed by atoms with E-state index >= 15 is 0 Å². The van der Waals surface area contributed by atoms with Crippen LogP contribution < -0.4 is 0 Å². The Morgan fingerprint density at radius 2 is 1.94 bits per heavy atom. The average molecular weight is 235 g/mol. The van der Waals surface area contributed by atoms with Crippen LogP contribution in [0.3, 0.4) is 0 Å². The van der Waals surface area contributed by atoms with Crippen molar-refractivity contribution in [1.29, 1.82) is 0 Å². The summed E-state index contributed by atoms with van der Waals surface area (Å²) in [5, 5.41) is 10.2. The Morgan fingerprint density at radius 3 is 2.53 bits per heavy atom. The molecule has 92 valence electrons. The summed E-state index contributed by atoms with van der Waals surface area (Å²) in [7, 11) is 0. The lowest BCUT2D eigenvalue weighted by Gasteiger charge is -2.08. The van der Waals surface area contributed by atoms with E-state index in [0.29, 0.717) is 17.5 Å². The Labute approximate surface area is 101 Å². The zero-order chi connectivity index (χ0) is 13.0. The van der Waals surface area contributed by atoms with Crippen LogP contribution in [0.25, 0.3) is 10.9 Å². The molecule has 0 bridgehead atoms. The summed E-state index contributed by atoms with van der Waals surface area (Å²) in [6, 6.07) is 3.18. The SMILES string of the molecule is CC.CCc1c(F)cnc2cc(O)cc(C)c12. The Balaban J connectivity index is 0.000000686. The second kappa shape index (κ2) is 5.62. The molecule has 2 nitrogen and oxygen atoms in total. The van der Waals surface area contributed by atoms with Crippen molar-refractivity contribution in [3.05, 3.63) is 35.3 Å². The van der Waals surface area contributed by atoms with Crippen LogP contribution in [0, 0.1) is 12.7 Å². The van der Waals surface area contributed by atoms with Gasteiger partial charge in [0.25, 0.3) is 0 Å². The molecule has 1 heterocycles. The van der Waals surface area contributed by atoms with Gasteiger partial charge in [-0.3, -0.25) is 4.98 Å². The van der Waals surface area contributed by atoms with Gasteiger partial charge in [0, 0.05) is 11.5 Å². The number of pyridine rings is 1. The minimum Gasteiger partial charge on any atom is -0.508 e. The van der Waals surface area contributed by atoms with Crippen LogP contribution in [0.2, 0.25) is 0 Å². The fourth-order valence-corrected chi connectivity index (χ4v) is 1.91. The van der Waals surface area contributed by atoms with E-state index in [4.69, 9.17) is 0 Å². The van der Waals surface area contributed by atoms with Gasteiger partial charge in [-0.1, -0.05) is 20.8 Å². The Kier molecular flexibility index (Phi) is 4.44. The average Bonchev–Trinajstić information content (AvgIpc) is 2.32. The smallest absolute Gasteiger partial charge is 0.145 e. The van der Waals surface area contributed by atoms with Crippen LogP contribution in [-0.4, -0.2) is 10.1 Å². The second-order valence-electron chi connectivity index (χ2n) is 3.60. The number of hydrogen-bond acceptors (Lipinski definition) is 2. The number of fused-ring (bicyclic) bond motifs is 1. The summed E-state index contributed by atoms with van der Waals surface area (Å²) >= 11 is 0. The highest BCUT2D eigenvalue weighted by atomic mass is 19.1. The third-order valence-electron chi connectivity index (χ3n) is 2.56. The molecule has 0 aliphatic rings. The van der Waals surface area contributed by atoms with Crippen molar-refractivity contribution in [1.82, 2.24) is 4.98 Å². The number of hydrogen-bond donors (Lipinski definition) is 1. The number of nitrogens with zero attached hydrogens (tertiary/aromatic N) is 1. The Morgan fingerprint density at radius 1 is 1.29 bits per heavy atom. The number of aromatic nitrogens is 1. The summed E-state index contributed by atoms with van der Waals surface area (Å²) in [6.07, 6.45) is 1.83. The first-order chi connectivity index (χ1) is 8.13. The molecule has 0 aliphatic carbocycles. The molecule has 0 atom stereocenters. The molecule has 2 rings (SSSR count). The van der Waals surface area contributed by atoms with Gasteiger partial charge in [-0.2, -0.15) is 0 Å². The summed E-state index contributed by atoms with van der Waals surface area (Å²) < 4.78 is 13.5. The van der Waals surface area contributed by atoms with Gasteiger partial charge in [0.2, 0.25) is 0 Å². The lowest BCUT2D eigenvalue weighted by molar-refractivity contribution is 0.475. The zero-order valence-corrected chi connectivity index (χ0v) is 10.7. The number of benzene rings is 1. The van der Waals surface area contributed by atoms with E-state index in [-0.39, 0.29) is 11.6 Å². The van der Waals surface area contributed by atoms with Gasteiger partial charge in [-0.05, 0) is 30.5 Å². The number of phenolic OH excluding ortho intramolecular Hbond substituents is 1. The van der Waals surface area contributed by atoms with E-state index in [0.717, 1.165) is 10.9 Å². The quantitative estimate of drug-likeness (QED) is 0.811. The van der Waals surface area contributed by atoms with Crippen molar-refractivity contribution >= 4 is 10.9 Å². The molecular weight excluding hydrogens is 217 g/mol. The van der Waals surface area contributed by atoms with Crippen LogP contribution in [0.1, 0.15) is 31.9 Å². The number of aryl methyl sites for hydroxylation is 2. The minimum absolute atomic E-state index is 0.168. The van der Waals surface area contributed by atoms with Crippen LogP contribution in [0.4, 0.5) is 4.39 Å². The molecule has 0 saturated carbocycles. The van der Waals surface area contributed by atoms with Crippen molar-refractivity contribution in [2.45, 2.75) is 34.1 Å². The highest BCUT2D eigenvalue weighted by Crippen LogP contribution is 2.27. The molecule has 3 heteroatoms. The Hall–Kier alpha value is -1.64. The fourth-order valence-electron chi connectivity index (χ4n) is 1.91. The molecule has 0 fully saturated rings. The van der Waals surface area contributed by atoms with Crippen LogP contribution >= 0.6 is 0 Å². The van der Waals surface area contributed by atoms with Gasteiger partial charge in [-0.25, -0.2) is 4.39 Å². The minimum atomic E-state index is -0.279. The van der Waals surface area contributed by atoms with Crippen molar-refractivity contribution in [3.63, 3.8) is 0 Å². The molecule has 1 aromatic heterocycles. The van der Waals surface area contributed by atoms with Gasteiger partial charge >= 0.3 is 0 Å². The zero-order valence-electron chi connectivity index (χ0n) is 10.7. The number of aromatic hydroxyl groups is 1. The number of halogens is 1. The first kappa shape index (κ1) is 13.4. The monoisotopic (exact) mass is 235 g/mol. The predicted molar refractivity (Wildman–Crippen MR) is 68.8 cm³/mol. The lowest BCUT2D eigenvalue weighted by atomic mass is 10.0. The van der Waals surface area contributed by atoms with E-state index in [1.54, 1.807) is 12.1 Å². The van der Waals surface area contributed by atoms with Gasteiger partial charge in [0.15, 0.2) is 0 Å². The third-order valence-corrected chi connectivity index (χ3v) is 2.56. The van der Waals surface area contributed by atoms with Crippen molar-refractivity contribution in [2.75, 3.05) is 0 Å². The highest BCUT2D eigenvalue weighted by Gasteiger charge is 2.10.